The molecular weight excluding hydrogens is 414 g/mol. The fraction of sp³-hybridized carbons (Fsp3) is 0.292. The molecule has 3 atom stereocenters. The standard InChI is InChI=1S/C24H23NO5S/c1-24(14-13-20(27)29-2)22(25-18(26)15-19(25)31-24)23(28)30-21(16-9-5-3-6-10-16)17-11-7-4-8-12-17/h3-14,19,21-22H,15H2,1-2H3/t19-,22+,24+/m1/s1. The second kappa shape index (κ2) is 8.59. The molecule has 1 amide bonds. The van der Waals surface area contributed by atoms with Crippen molar-refractivity contribution in [3.05, 3.63) is 83.9 Å². The fourth-order valence-corrected chi connectivity index (χ4v) is 5.64. The molecule has 7 heteroatoms. The Labute approximate surface area is 185 Å². The van der Waals surface area contributed by atoms with Crippen molar-refractivity contribution >= 4 is 29.6 Å². The van der Waals surface area contributed by atoms with Crippen LogP contribution in [0.15, 0.2) is 72.8 Å². The van der Waals surface area contributed by atoms with E-state index in [1.54, 1.807) is 11.0 Å². The highest BCUT2D eigenvalue weighted by molar-refractivity contribution is 8.01. The molecule has 2 heterocycles. The number of esters is 2. The number of ether oxygens (including phenoxy) is 2. The van der Waals surface area contributed by atoms with Crippen LogP contribution in [-0.2, 0) is 23.9 Å². The number of carbonyl (C=O) groups excluding carboxylic acids is 3. The van der Waals surface area contributed by atoms with Gasteiger partial charge in [0.1, 0.15) is 6.04 Å². The Balaban J connectivity index is 1.65. The third-order valence-corrected chi connectivity index (χ3v) is 7.11. The number of amides is 1. The van der Waals surface area contributed by atoms with Crippen molar-refractivity contribution in [2.75, 3.05) is 7.11 Å². The van der Waals surface area contributed by atoms with E-state index in [0.29, 0.717) is 6.42 Å². The molecule has 0 saturated carbocycles. The number of hydrogen-bond donors (Lipinski definition) is 0. The summed E-state index contributed by atoms with van der Waals surface area (Å²) in [5.41, 5.74) is 1.68. The lowest BCUT2D eigenvalue weighted by Gasteiger charge is -2.38. The molecule has 0 aromatic heterocycles. The third-order valence-electron chi connectivity index (χ3n) is 5.57. The van der Waals surface area contributed by atoms with Gasteiger partial charge in [-0.2, -0.15) is 0 Å². The second-order valence-corrected chi connectivity index (χ2v) is 9.32. The number of carbonyl (C=O) groups is 3. The molecule has 2 aliphatic rings. The first-order chi connectivity index (χ1) is 14.9. The van der Waals surface area contributed by atoms with Crippen LogP contribution in [0.4, 0.5) is 0 Å². The van der Waals surface area contributed by atoms with Gasteiger partial charge in [-0.15, -0.1) is 11.8 Å². The number of hydrogen-bond acceptors (Lipinski definition) is 6. The van der Waals surface area contributed by atoms with Crippen molar-refractivity contribution in [3.63, 3.8) is 0 Å². The van der Waals surface area contributed by atoms with Crippen molar-refractivity contribution in [3.8, 4) is 0 Å². The maximum absolute atomic E-state index is 13.5. The molecule has 4 rings (SSSR count). The van der Waals surface area contributed by atoms with Gasteiger partial charge in [-0.3, -0.25) is 4.79 Å². The molecule has 6 nitrogen and oxygen atoms in total. The van der Waals surface area contributed by atoms with Crippen LogP contribution < -0.4 is 0 Å². The van der Waals surface area contributed by atoms with Gasteiger partial charge in [0.25, 0.3) is 0 Å². The average Bonchev–Trinajstić information content (AvgIpc) is 3.04. The third kappa shape index (κ3) is 4.10. The van der Waals surface area contributed by atoms with Crippen LogP contribution in [0.5, 0.6) is 0 Å². The van der Waals surface area contributed by atoms with E-state index >= 15 is 0 Å². The molecule has 0 aliphatic carbocycles. The van der Waals surface area contributed by atoms with Crippen LogP contribution in [0.2, 0.25) is 0 Å². The van der Waals surface area contributed by atoms with Crippen molar-refractivity contribution in [2.24, 2.45) is 0 Å². The normalized spacial score (nSPS) is 24.7. The largest absolute Gasteiger partial charge is 0.466 e. The molecule has 31 heavy (non-hydrogen) atoms. The Morgan fingerprint density at radius 2 is 1.68 bits per heavy atom. The summed E-state index contributed by atoms with van der Waals surface area (Å²) in [5, 5.41) is -0.107. The topological polar surface area (TPSA) is 72.9 Å². The highest BCUT2D eigenvalue weighted by Crippen LogP contribution is 2.52. The Morgan fingerprint density at radius 3 is 2.19 bits per heavy atom. The van der Waals surface area contributed by atoms with Crippen LogP contribution in [0, 0.1) is 0 Å². The monoisotopic (exact) mass is 437 g/mol. The van der Waals surface area contributed by atoms with Crippen LogP contribution >= 0.6 is 11.8 Å². The summed E-state index contributed by atoms with van der Waals surface area (Å²) in [7, 11) is 1.30. The van der Waals surface area contributed by atoms with Gasteiger partial charge in [0, 0.05) is 6.08 Å². The molecule has 2 aromatic rings. The molecule has 0 spiro atoms. The summed E-state index contributed by atoms with van der Waals surface area (Å²) in [6, 6.07) is 18.2. The first kappa shape index (κ1) is 21.2. The second-order valence-electron chi connectivity index (χ2n) is 7.66. The first-order valence-corrected chi connectivity index (χ1v) is 10.9. The van der Waals surface area contributed by atoms with E-state index in [1.807, 2.05) is 67.6 Å². The van der Waals surface area contributed by atoms with E-state index in [9.17, 15) is 14.4 Å². The van der Waals surface area contributed by atoms with Crippen LogP contribution in [0.1, 0.15) is 30.6 Å². The summed E-state index contributed by atoms with van der Waals surface area (Å²) in [6.07, 6.45) is 2.71. The molecule has 2 aliphatic heterocycles. The zero-order chi connectivity index (χ0) is 22.0. The summed E-state index contributed by atoms with van der Waals surface area (Å²) in [4.78, 5) is 39.0. The van der Waals surface area contributed by atoms with E-state index in [2.05, 4.69) is 4.74 Å². The quantitative estimate of drug-likeness (QED) is 0.391. The summed E-state index contributed by atoms with van der Waals surface area (Å²) < 4.78 is 9.92. The minimum Gasteiger partial charge on any atom is -0.466 e. The van der Waals surface area contributed by atoms with Crippen molar-refractivity contribution < 1.29 is 23.9 Å². The van der Waals surface area contributed by atoms with E-state index < -0.39 is 28.8 Å². The smallest absolute Gasteiger partial charge is 0.331 e. The van der Waals surface area contributed by atoms with Crippen molar-refractivity contribution in [1.82, 2.24) is 4.90 Å². The van der Waals surface area contributed by atoms with E-state index in [-0.39, 0.29) is 11.3 Å². The maximum atomic E-state index is 13.5. The zero-order valence-corrected chi connectivity index (χ0v) is 18.1. The predicted molar refractivity (Wildman–Crippen MR) is 117 cm³/mol. The van der Waals surface area contributed by atoms with E-state index in [1.165, 1.54) is 24.9 Å². The molecule has 0 N–H and O–H groups in total. The Bertz CT molecular complexity index is 970. The van der Waals surface area contributed by atoms with Crippen molar-refractivity contribution in [1.29, 1.82) is 0 Å². The van der Waals surface area contributed by atoms with E-state index in [0.717, 1.165) is 11.1 Å². The SMILES string of the molecule is COC(=O)C=C[C@]1(C)S[C@@H]2CC(=O)N2[C@H]1C(=O)OC(c1ccccc1)c1ccccc1. The number of rotatable bonds is 6. The first-order valence-electron chi connectivity index (χ1n) is 9.99. The van der Waals surface area contributed by atoms with E-state index in [4.69, 9.17) is 4.74 Å². The highest BCUT2D eigenvalue weighted by Gasteiger charge is 2.60. The molecule has 0 unspecified atom stereocenters. The summed E-state index contributed by atoms with van der Waals surface area (Å²) >= 11 is 1.48. The van der Waals surface area contributed by atoms with Gasteiger partial charge in [-0.05, 0) is 18.1 Å². The molecule has 160 valence electrons. The number of thioether (sulfide) groups is 1. The highest BCUT2D eigenvalue weighted by atomic mass is 32.2. The maximum Gasteiger partial charge on any atom is 0.331 e. The molecule has 0 bridgehead atoms. The number of nitrogens with zero attached hydrogens (tertiary/aromatic N) is 1. The lowest BCUT2D eigenvalue weighted by Crippen LogP contribution is -2.57. The molecule has 2 aromatic carbocycles. The van der Waals surface area contributed by atoms with Gasteiger partial charge in [0.05, 0.1) is 23.7 Å². The molecule has 2 saturated heterocycles. The van der Waals surface area contributed by atoms with Gasteiger partial charge in [0.15, 0.2) is 6.10 Å². The van der Waals surface area contributed by atoms with Gasteiger partial charge in [0.2, 0.25) is 5.91 Å². The van der Waals surface area contributed by atoms with Crippen LogP contribution in [0.25, 0.3) is 0 Å². The minimum absolute atomic E-state index is 0.0920. The lowest BCUT2D eigenvalue weighted by atomic mass is 9.95. The Hall–Kier alpha value is -3.06. The molecular formula is C24H23NO5S. The molecule has 2 fully saturated rings. The van der Waals surface area contributed by atoms with Crippen LogP contribution in [0.3, 0.4) is 0 Å². The zero-order valence-electron chi connectivity index (χ0n) is 17.3. The molecule has 0 radical (unpaired) electrons. The average molecular weight is 438 g/mol. The summed E-state index contributed by atoms with van der Waals surface area (Å²) in [6.45, 7) is 1.84. The van der Waals surface area contributed by atoms with Gasteiger partial charge >= 0.3 is 11.9 Å². The minimum atomic E-state index is -0.834. The van der Waals surface area contributed by atoms with Gasteiger partial charge in [-0.25, -0.2) is 9.59 Å². The fourth-order valence-electron chi connectivity index (χ4n) is 3.99. The van der Waals surface area contributed by atoms with Crippen molar-refractivity contribution in [2.45, 2.75) is 35.6 Å². The summed E-state index contributed by atoms with van der Waals surface area (Å²) in [5.74, 6) is -1.11. The van der Waals surface area contributed by atoms with Crippen LogP contribution in [-0.4, -0.2) is 46.0 Å². The number of benzene rings is 2. The number of fused-ring (bicyclic) bond motifs is 1. The lowest BCUT2D eigenvalue weighted by molar-refractivity contribution is -0.163. The van der Waals surface area contributed by atoms with Gasteiger partial charge in [-0.1, -0.05) is 66.7 Å². The Morgan fingerprint density at radius 1 is 1.10 bits per heavy atom. The number of methoxy groups -OCH3 is 1. The number of β-lactam (4-membered cyclic amide) rings is 1. The predicted octanol–water partition coefficient (Wildman–Crippen LogP) is 3.48. The Kier molecular flexibility index (Phi) is 5.87. The van der Waals surface area contributed by atoms with Gasteiger partial charge < -0.3 is 14.4 Å².